The molecular formula is C28H32F2N6O4. The molecule has 1 saturated heterocycles. The van der Waals surface area contributed by atoms with Crippen LogP contribution in [0.2, 0.25) is 0 Å². The number of halogens is 2. The van der Waals surface area contributed by atoms with Crippen LogP contribution in [0.3, 0.4) is 0 Å². The third kappa shape index (κ3) is 6.05. The van der Waals surface area contributed by atoms with E-state index in [2.05, 4.69) is 21.9 Å². The van der Waals surface area contributed by atoms with Crippen molar-refractivity contribution in [2.24, 2.45) is 15.4 Å². The zero-order chi connectivity index (χ0) is 29.1. The number of amidine groups is 1. The fourth-order valence-electron chi connectivity index (χ4n) is 5.18. The van der Waals surface area contributed by atoms with Gasteiger partial charge in [-0.25, -0.2) is 13.8 Å². The summed E-state index contributed by atoms with van der Waals surface area (Å²) < 4.78 is 32.9. The van der Waals surface area contributed by atoms with E-state index in [0.29, 0.717) is 50.3 Å². The highest BCUT2D eigenvalue weighted by Crippen LogP contribution is 2.44. The maximum absolute atomic E-state index is 13.7. The van der Waals surface area contributed by atoms with E-state index < -0.39 is 35.7 Å². The molecule has 2 unspecified atom stereocenters. The van der Waals surface area contributed by atoms with Crippen LogP contribution in [0.25, 0.3) is 0 Å². The molecule has 12 heteroatoms. The molecule has 10 nitrogen and oxygen atoms in total. The minimum atomic E-state index is -3.21. The number of ketones is 1. The predicted molar refractivity (Wildman–Crippen MR) is 146 cm³/mol. The van der Waals surface area contributed by atoms with Crippen molar-refractivity contribution >= 4 is 41.3 Å². The number of hydrogen-bond acceptors (Lipinski definition) is 8. The highest BCUT2D eigenvalue weighted by Gasteiger charge is 2.50. The second-order valence-electron chi connectivity index (χ2n) is 10.3. The third-order valence-electron chi connectivity index (χ3n) is 7.58. The number of amides is 2. The van der Waals surface area contributed by atoms with Gasteiger partial charge in [0.15, 0.2) is 6.04 Å². The van der Waals surface area contributed by atoms with E-state index in [-0.39, 0.29) is 41.3 Å². The number of Topliss-reactive ketones (excluding diaryl/α,β-unsaturated/α-hetero) is 1. The topological polar surface area (TPSA) is 148 Å². The summed E-state index contributed by atoms with van der Waals surface area (Å²) in [7, 11) is 1.50. The third-order valence-corrected chi connectivity index (χ3v) is 7.58. The van der Waals surface area contributed by atoms with E-state index >= 15 is 0 Å². The minimum Gasteiger partial charge on any atom is -0.475 e. The molecule has 2 heterocycles. The standard InChI is InChI=1S/C28H32F2N6O4/c1-3-28(29,30)14-20(31)17-5-4-6-18(13-17)25-35-22(16-40-25)24(38)34-21(15-33-2)23(32)36-12-11-27(26(36)39)9-7-19(37)8-10-27/h3-6,13,15,21-22,31-32H,1,7-12,14,16H2,2H3,(H,34,38). The van der Waals surface area contributed by atoms with Gasteiger partial charge < -0.3 is 15.5 Å². The van der Waals surface area contributed by atoms with Gasteiger partial charge in [-0.05, 0) is 43.0 Å². The lowest BCUT2D eigenvalue weighted by molar-refractivity contribution is -0.136. The Balaban J connectivity index is 1.43. The average molecular weight is 555 g/mol. The van der Waals surface area contributed by atoms with Crippen molar-refractivity contribution in [2.45, 2.75) is 56.5 Å². The fourth-order valence-corrected chi connectivity index (χ4v) is 5.18. The lowest BCUT2D eigenvalue weighted by atomic mass is 9.72. The predicted octanol–water partition coefficient (Wildman–Crippen LogP) is 2.94. The van der Waals surface area contributed by atoms with Gasteiger partial charge in [0.05, 0.1) is 11.8 Å². The van der Waals surface area contributed by atoms with Crippen LogP contribution in [0, 0.1) is 16.2 Å². The van der Waals surface area contributed by atoms with Gasteiger partial charge in [0, 0.05) is 43.9 Å². The molecule has 1 aromatic rings. The molecule has 2 fully saturated rings. The van der Waals surface area contributed by atoms with Crippen molar-refractivity contribution in [3.05, 3.63) is 48.0 Å². The molecule has 0 aromatic heterocycles. The quantitative estimate of drug-likeness (QED) is 0.245. The van der Waals surface area contributed by atoms with E-state index in [1.165, 1.54) is 30.3 Å². The average Bonchev–Trinajstić information content (AvgIpc) is 3.55. The molecular weight excluding hydrogens is 522 g/mol. The molecule has 0 bridgehead atoms. The van der Waals surface area contributed by atoms with Crippen molar-refractivity contribution < 1.29 is 27.9 Å². The second-order valence-corrected chi connectivity index (χ2v) is 10.3. The maximum Gasteiger partial charge on any atom is 0.271 e. The van der Waals surface area contributed by atoms with Gasteiger partial charge >= 0.3 is 0 Å². The van der Waals surface area contributed by atoms with Crippen LogP contribution in [0.5, 0.6) is 0 Å². The minimum absolute atomic E-state index is 0.0829. The van der Waals surface area contributed by atoms with E-state index in [1.807, 2.05) is 0 Å². The Hall–Kier alpha value is -4.09. The Morgan fingerprint density at radius 3 is 2.73 bits per heavy atom. The normalized spacial score (nSPS) is 21.3. The number of carbonyl (C=O) groups is 3. The molecule has 4 rings (SSSR count). The number of nitrogens with one attached hydrogen (secondary N) is 3. The molecule has 3 aliphatic rings. The number of rotatable bonds is 9. The van der Waals surface area contributed by atoms with Crippen LogP contribution in [0.4, 0.5) is 8.78 Å². The molecule has 1 aliphatic carbocycles. The van der Waals surface area contributed by atoms with Crippen LogP contribution in [0.15, 0.2) is 46.9 Å². The number of aliphatic imine (C=N–C) groups is 2. The molecule has 40 heavy (non-hydrogen) atoms. The lowest BCUT2D eigenvalue weighted by Gasteiger charge is -2.31. The second kappa shape index (κ2) is 11.6. The van der Waals surface area contributed by atoms with Gasteiger partial charge in [0.1, 0.15) is 24.3 Å². The summed E-state index contributed by atoms with van der Waals surface area (Å²) in [6.07, 6.45) is 3.29. The first-order valence-corrected chi connectivity index (χ1v) is 13.0. The van der Waals surface area contributed by atoms with Gasteiger partial charge in [0.25, 0.3) is 5.92 Å². The molecule has 212 valence electrons. The summed E-state index contributed by atoms with van der Waals surface area (Å²) in [5.74, 6) is -3.78. The van der Waals surface area contributed by atoms with Crippen molar-refractivity contribution in [3.8, 4) is 0 Å². The van der Waals surface area contributed by atoms with Crippen LogP contribution in [-0.2, 0) is 19.1 Å². The Morgan fingerprint density at radius 2 is 2.05 bits per heavy atom. The number of alkyl halides is 2. The van der Waals surface area contributed by atoms with Crippen LogP contribution < -0.4 is 5.32 Å². The number of nitrogens with zero attached hydrogens (tertiary/aromatic N) is 3. The monoisotopic (exact) mass is 554 g/mol. The summed E-state index contributed by atoms with van der Waals surface area (Å²) in [6.45, 7) is 3.35. The molecule has 2 atom stereocenters. The largest absolute Gasteiger partial charge is 0.475 e. The molecule has 2 aliphatic heterocycles. The van der Waals surface area contributed by atoms with Crippen molar-refractivity contribution in [1.29, 1.82) is 10.8 Å². The van der Waals surface area contributed by atoms with Gasteiger partial charge in [-0.3, -0.25) is 29.7 Å². The number of allylic oxidation sites excluding steroid dienone is 1. The lowest BCUT2D eigenvalue weighted by Crippen LogP contribution is -2.53. The first-order valence-electron chi connectivity index (χ1n) is 13.0. The Labute approximate surface area is 230 Å². The number of ether oxygens (including phenoxy) is 1. The molecule has 2 amide bonds. The highest BCUT2D eigenvalue weighted by atomic mass is 19.3. The maximum atomic E-state index is 13.7. The highest BCUT2D eigenvalue weighted by molar-refractivity contribution is 6.11. The summed E-state index contributed by atoms with van der Waals surface area (Å²) in [5, 5.41) is 19.4. The molecule has 0 radical (unpaired) electrons. The van der Waals surface area contributed by atoms with E-state index in [0.717, 1.165) is 0 Å². The smallest absolute Gasteiger partial charge is 0.271 e. The van der Waals surface area contributed by atoms with E-state index in [4.69, 9.17) is 15.6 Å². The molecule has 3 N–H and O–H groups in total. The number of hydrogen-bond donors (Lipinski definition) is 3. The van der Waals surface area contributed by atoms with Gasteiger partial charge in [0.2, 0.25) is 17.7 Å². The van der Waals surface area contributed by atoms with Crippen LogP contribution >= 0.6 is 0 Å². The van der Waals surface area contributed by atoms with E-state index in [9.17, 15) is 23.2 Å². The zero-order valence-corrected chi connectivity index (χ0v) is 22.2. The van der Waals surface area contributed by atoms with Gasteiger partial charge in [-0.2, -0.15) is 0 Å². The number of likely N-dealkylation sites (tertiary alicyclic amines) is 1. The first-order chi connectivity index (χ1) is 19.0. The molecule has 1 spiro atoms. The first kappa shape index (κ1) is 28.9. The fraction of sp³-hybridized carbons (Fsp3) is 0.464. The Kier molecular flexibility index (Phi) is 8.36. The molecule has 1 aromatic carbocycles. The van der Waals surface area contributed by atoms with Crippen molar-refractivity contribution in [2.75, 3.05) is 20.2 Å². The summed E-state index contributed by atoms with van der Waals surface area (Å²) in [4.78, 5) is 47.7. The van der Waals surface area contributed by atoms with Crippen LogP contribution in [0.1, 0.15) is 49.7 Å². The Morgan fingerprint density at radius 1 is 1.32 bits per heavy atom. The summed E-state index contributed by atoms with van der Waals surface area (Å²) >= 11 is 0. The van der Waals surface area contributed by atoms with Crippen LogP contribution in [-0.4, -0.2) is 84.4 Å². The van der Waals surface area contributed by atoms with Crippen molar-refractivity contribution in [3.63, 3.8) is 0 Å². The van der Waals surface area contributed by atoms with Gasteiger partial charge in [-0.15, -0.1) is 0 Å². The Bertz CT molecular complexity index is 1300. The molecule has 1 saturated carbocycles. The zero-order valence-electron chi connectivity index (χ0n) is 22.2. The SMILES string of the molecule is C=CC(F)(F)CC(=N)c1cccc(C2=NC(C(=O)NC(C=NC)C(=N)N3CCC4(CCC(=O)CC4)C3=O)CO2)c1. The summed E-state index contributed by atoms with van der Waals surface area (Å²) in [5.41, 5.74) is -0.222. The number of benzene rings is 1. The summed E-state index contributed by atoms with van der Waals surface area (Å²) in [6, 6.07) is 4.32. The van der Waals surface area contributed by atoms with E-state index in [1.54, 1.807) is 12.1 Å². The number of carbonyl (C=O) groups excluding carboxylic acids is 3. The van der Waals surface area contributed by atoms with Gasteiger partial charge in [-0.1, -0.05) is 18.7 Å². The van der Waals surface area contributed by atoms with Crippen molar-refractivity contribution in [1.82, 2.24) is 10.2 Å².